The molecular weight excluding hydrogens is 403 g/mol. The zero-order valence-corrected chi connectivity index (χ0v) is 21.1. The summed E-state index contributed by atoms with van der Waals surface area (Å²) in [5.74, 6) is 0.417. The highest BCUT2D eigenvalue weighted by Crippen LogP contribution is 2.56. The van der Waals surface area contributed by atoms with Gasteiger partial charge in [0.05, 0.1) is 0 Å². The van der Waals surface area contributed by atoms with E-state index in [1.807, 2.05) is 0 Å². The van der Waals surface area contributed by atoms with Crippen molar-refractivity contribution >= 4 is 8.58 Å². The molecule has 1 heteroatoms. The van der Waals surface area contributed by atoms with Gasteiger partial charge in [0.2, 0.25) is 0 Å². The van der Waals surface area contributed by atoms with E-state index in [0.29, 0.717) is 5.92 Å². The van der Waals surface area contributed by atoms with Gasteiger partial charge in [-0.05, 0) is 35.2 Å². The summed E-state index contributed by atoms with van der Waals surface area (Å²) in [5, 5.41) is 0.0188. The third-order valence-corrected chi connectivity index (χ3v) is 9.01. The Morgan fingerprint density at radius 2 is 1.03 bits per heavy atom. The topological polar surface area (TPSA) is 0 Å². The third-order valence-electron chi connectivity index (χ3n) is 6.84. The van der Waals surface area contributed by atoms with E-state index in [-0.39, 0.29) is 5.16 Å². The maximum Gasteiger partial charge on any atom is 0.0438 e. The minimum atomic E-state index is 0.0188. The molecule has 2 unspecified atom stereocenters. The third kappa shape index (κ3) is 6.55. The molecule has 0 saturated carbocycles. The lowest BCUT2D eigenvalue weighted by molar-refractivity contribution is 0.580. The number of hydrogen-bond acceptors (Lipinski definition) is 0. The van der Waals surface area contributed by atoms with Crippen LogP contribution in [0, 0.1) is 0 Å². The number of rotatable bonds is 14. The molecule has 0 aromatic heterocycles. The zero-order chi connectivity index (χ0) is 22.5. The van der Waals surface area contributed by atoms with Crippen LogP contribution in [-0.4, -0.2) is 6.16 Å². The van der Waals surface area contributed by atoms with E-state index < -0.39 is 0 Å². The fraction of sp³-hybridized carbons (Fsp3) is 0.419. The van der Waals surface area contributed by atoms with Crippen LogP contribution in [0.3, 0.4) is 0 Å². The Hall–Kier alpha value is -1.91. The van der Waals surface area contributed by atoms with E-state index in [2.05, 4.69) is 105 Å². The average Bonchev–Trinajstić information content (AvgIpc) is 2.87. The van der Waals surface area contributed by atoms with Crippen molar-refractivity contribution in [3.05, 3.63) is 108 Å². The molecule has 0 nitrogen and oxygen atoms in total. The Balaban J connectivity index is 1.80. The monoisotopic (exact) mass is 444 g/mol. The molecular formula is C31H41P. The summed E-state index contributed by atoms with van der Waals surface area (Å²) in [6, 6.07) is 33.7. The molecule has 0 bridgehead atoms. The molecule has 3 aromatic rings. The quantitative estimate of drug-likeness (QED) is 0.171. The molecule has 32 heavy (non-hydrogen) atoms. The molecule has 0 aliphatic heterocycles. The maximum absolute atomic E-state index is 2.44. The fourth-order valence-corrected chi connectivity index (χ4v) is 7.00. The van der Waals surface area contributed by atoms with Gasteiger partial charge in [0.1, 0.15) is 0 Å². The Morgan fingerprint density at radius 1 is 0.594 bits per heavy atom. The summed E-state index contributed by atoms with van der Waals surface area (Å²) in [6.07, 6.45) is 12.4. The SMILES string of the molecule is CCCCCCCCCCPC(c1ccccc1)(c1ccccc1)C(C)c1ccccc1. The lowest BCUT2D eigenvalue weighted by Gasteiger charge is -2.41. The van der Waals surface area contributed by atoms with E-state index in [4.69, 9.17) is 0 Å². The number of hydrogen-bond donors (Lipinski definition) is 0. The second-order valence-electron chi connectivity index (χ2n) is 9.07. The van der Waals surface area contributed by atoms with E-state index in [0.717, 1.165) is 8.58 Å². The van der Waals surface area contributed by atoms with Crippen molar-refractivity contribution in [2.75, 3.05) is 6.16 Å². The van der Waals surface area contributed by atoms with Crippen molar-refractivity contribution in [3.63, 3.8) is 0 Å². The molecule has 3 aromatic carbocycles. The summed E-state index contributed by atoms with van der Waals surface area (Å²) in [7, 11) is 0.867. The van der Waals surface area contributed by atoms with Gasteiger partial charge in [0.25, 0.3) is 0 Å². The van der Waals surface area contributed by atoms with Gasteiger partial charge in [-0.15, -0.1) is 8.58 Å². The highest BCUT2D eigenvalue weighted by atomic mass is 31.1. The largest absolute Gasteiger partial charge is 0.106 e. The molecule has 3 rings (SSSR count). The minimum Gasteiger partial charge on any atom is -0.106 e. The Kier molecular flexibility index (Phi) is 10.5. The van der Waals surface area contributed by atoms with E-state index in [9.17, 15) is 0 Å². The summed E-state index contributed by atoms with van der Waals surface area (Å²) < 4.78 is 0. The molecule has 0 spiro atoms. The lowest BCUT2D eigenvalue weighted by Crippen LogP contribution is -2.29. The molecule has 0 amide bonds. The van der Waals surface area contributed by atoms with E-state index >= 15 is 0 Å². The van der Waals surface area contributed by atoms with E-state index in [1.165, 1.54) is 74.2 Å². The molecule has 0 radical (unpaired) electrons. The van der Waals surface area contributed by atoms with Crippen LogP contribution in [-0.2, 0) is 5.16 Å². The van der Waals surface area contributed by atoms with Crippen LogP contribution in [0.5, 0.6) is 0 Å². The van der Waals surface area contributed by atoms with Gasteiger partial charge in [-0.25, -0.2) is 0 Å². The van der Waals surface area contributed by atoms with Crippen molar-refractivity contribution in [1.29, 1.82) is 0 Å². The van der Waals surface area contributed by atoms with Crippen LogP contribution < -0.4 is 0 Å². The lowest BCUT2D eigenvalue weighted by atomic mass is 9.77. The molecule has 0 aliphatic carbocycles. The van der Waals surface area contributed by atoms with Crippen LogP contribution in [0.25, 0.3) is 0 Å². The minimum absolute atomic E-state index is 0.0188. The summed E-state index contributed by atoms with van der Waals surface area (Å²) in [5.41, 5.74) is 4.35. The highest BCUT2D eigenvalue weighted by molar-refractivity contribution is 7.40. The van der Waals surface area contributed by atoms with Crippen molar-refractivity contribution in [2.24, 2.45) is 0 Å². The smallest absolute Gasteiger partial charge is 0.0438 e. The first-order valence-corrected chi connectivity index (χ1v) is 13.9. The van der Waals surface area contributed by atoms with Crippen LogP contribution in [0.4, 0.5) is 0 Å². The molecule has 0 saturated heterocycles. The van der Waals surface area contributed by atoms with Crippen LogP contribution in [0.15, 0.2) is 91.0 Å². The molecule has 0 heterocycles. The number of unbranched alkanes of at least 4 members (excludes halogenated alkanes) is 7. The fourth-order valence-electron chi connectivity index (χ4n) is 4.96. The second kappa shape index (κ2) is 13.6. The van der Waals surface area contributed by atoms with Gasteiger partial charge in [-0.2, -0.15) is 0 Å². The van der Waals surface area contributed by atoms with Gasteiger partial charge in [-0.3, -0.25) is 0 Å². The summed E-state index contributed by atoms with van der Waals surface area (Å²) in [4.78, 5) is 0. The first kappa shape index (κ1) is 24.7. The highest BCUT2D eigenvalue weighted by Gasteiger charge is 2.39. The summed E-state index contributed by atoms with van der Waals surface area (Å²) >= 11 is 0. The molecule has 2 atom stereocenters. The molecule has 0 N–H and O–H groups in total. The standard InChI is InChI=1S/C31H41P/c1-3-4-5-6-7-8-9-19-26-32-31(29-22-15-11-16-23-29,30-24-17-12-18-25-30)27(2)28-20-13-10-14-21-28/h10-18,20-25,27,32H,3-9,19,26H2,1-2H3. The Labute approximate surface area is 198 Å². The van der Waals surface area contributed by atoms with E-state index in [1.54, 1.807) is 0 Å². The second-order valence-corrected chi connectivity index (χ2v) is 10.7. The van der Waals surface area contributed by atoms with Gasteiger partial charge >= 0.3 is 0 Å². The normalized spacial score (nSPS) is 12.9. The van der Waals surface area contributed by atoms with Crippen LogP contribution in [0.1, 0.15) is 87.8 Å². The van der Waals surface area contributed by atoms with Crippen LogP contribution >= 0.6 is 8.58 Å². The van der Waals surface area contributed by atoms with Crippen molar-refractivity contribution < 1.29 is 0 Å². The zero-order valence-electron chi connectivity index (χ0n) is 20.1. The maximum atomic E-state index is 2.44. The first-order valence-electron chi connectivity index (χ1n) is 12.7. The predicted octanol–water partition coefficient (Wildman–Crippen LogP) is 9.55. The molecule has 0 aliphatic rings. The average molecular weight is 445 g/mol. The Morgan fingerprint density at radius 3 is 1.53 bits per heavy atom. The van der Waals surface area contributed by atoms with Gasteiger partial charge in [-0.1, -0.05) is 150 Å². The molecule has 170 valence electrons. The first-order chi connectivity index (χ1) is 15.8. The summed E-state index contributed by atoms with van der Waals surface area (Å²) in [6.45, 7) is 4.74. The molecule has 0 fully saturated rings. The van der Waals surface area contributed by atoms with Gasteiger partial charge < -0.3 is 0 Å². The van der Waals surface area contributed by atoms with Gasteiger partial charge in [0, 0.05) is 5.16 Å². The van der Waals surface area contributed by atoms with Crippen molar-refractivity contribution in [2.45, 2.75) is 76.3 Å². The van der Waals surface area contributed by atoms with Gasteiger partial charge in [0.15, 0.2) is 0 Å². The Bertz CT molecular complexity index is 817. The van der Waals surface area contributed by atoms with Crippen molar-refractivity contribution in [1.82, 2.24) is 0 Å². The number of benzene rings is 3. The predicted molar refractivity (Wildman–Crippen MR) is 144 cm³/mol. The van der Waals surface area contributed by atoms with Crippen LogP contribution in [0.2, 0.25) is 0 Å². The van der Waals surface area contributed by atoms with Crippen molar-refractivity contribution in [3.8, 4) is 0 Å².